The first-order valence-corrected chi connectivity index (χ1v) is 7.88. The van der Waals surface area contributed by atoms with Crippen LogP contribution in [0.4, 0.5) is 5.69 Å². The maximum Gasteiger partial charge on any atom is 0.227 e. The highest BCUT2D eigenvalue weighted by Gasteiger charge is 2.33. The van der Waals surface area contributed by atoms with E-state index in [1.54, 1.807) is 17.3 Å². The standard InChI is InChI=1S/C12H14N4O3S/c13-20(18,19)7-8-3-11(17)16(6-8)10-4-9-1-2-14-12(9)15-5-10/h1-2,4-5,8H,3,6-7H2,(H,14,15)(H2,13,18,19). The van der Waals surface area contributed by atoms with E-state index >= 15 is 0 Å². The molecule has 2 aromatic heterocycles. The van der Waals surface area contributed by atoms with Crippen molar-refractivity contribution in [2.45, 2.75) is 6.42 Å². The molecule has 3 N–H and O–H groups in total. The zero-order valence-electron chi connectivity index (χ0n) is 10.6. The van der Waals surface area contributed by atoms with E-state index < -0.39 is 10.0 Å². The predicted octanol–water partition coefficient (Wildman–Crippen LogP) is 0.204. The molecule has 2 aromatic rings. The highest BCUT2D eigenvalue weighted by atomic mass is 32.2. The summed E-state index contributed by atoms with van der Waals surface area (Å²) in [4.78, 5) is 20.8. The van der Waals surface area contributed by atoms with Gasteiger partial charge in [0, 0.05) is 30.5 Å². The molecule has 1 saturated heterocycles. The van der Waals surface area contributed by atoms with Crippen LogP contribution in [-0.2, 0) is 14.8 Å². The molecule has 0 saturated carbocycles. The average molecular weight is 294 g/mol. The van der Waals surface area contributed by atoms with Gasteiger partial charge in [-0.2, -0.15) is 0 Å². The van der Waals surface area contributed by atoms with Crippen LogP contribution >= 0.6 is 0 Å². The number of amides is 1. The van der Waals surface area contributed by atoms with E-state index in [0.717, 1.165) is 11.0 Å². The maximum atomic E-state index is 12.0. The first-order chi connectivity index (χ1) is 9.42. The van der Waals surface area contributed by atoms with Gasteiger partial charge in [0.25, 0.3) is 0 Å². The number of carbonyl (C=O) groups is 1. The Labute approximate surface area is 115 Å². The lowest BCUT2D eigenvalue weighted by atomic mass is 10.1. The molecule has 0 radical (unpaired) electrons. The molecule has 0 aromatic carbocycles. The highest BCUT2D eigenvalue weighted by molar-refractivity contribution is 7.89. The van der Waals surface area contributed by atoms with Crippen molar-refractivity contribution in [3.8, 4) is 0 Å². The first kappa shape index (κ1) is 13.1. The Morgan fingerprint density at radius 2 is 2.30 bits per heavy atom. The van der Waals surface area contributed by atoms with Gasteiger partial charge in [-0.25, -0.2) is 18.5 Å². The predicted molar refractivity (Wildman–Crippen MR) is 74.5 cm³/mol. The lowest BCUT2D eigenvalue weighted by Crippen LogP contribution is -2.27. The zero-order valence-corrected chi connectivity index (χ0v) is 11.4. The van der Waals surface area contributed by atoms with E-state index in [4.69, 9.17) is 5.14 Å². The van der Waals surface area contributed by atoms with Crippen molar-refractivity contribution in [2.75, 3.05) is 17.2 Å². The molecule has 0 aliphatic carbocycles. The minimum atomic E-state index is -3.56. The van der Waals surface area contributed by atoms with Crippen molar-refractivity contribution in [1.82, 2.24) is 9.97 Å². The van der Waals surface area contributed by atoms with Crippen molar-refractivity contribution in [3.05, 3.63) is 24.5 Å². The van der Waals surface area contributed by atoms with E-state index in [9.17, 15) is 13.2 Å². The van der Waals surface area contributed by atoms with Crippen LogP contribution in [-0.4, -0.2) is 36.6 Å². The number of aromatic amines is 1. The molecule has 106 valence electrons. The van der Waals surface area contributed by atoms with Crippen molar-refractivity contribution < 1.29 is 13.2 Å². The summed E-state index contributed by atoms with van der Waals surface area (Å²) in [6.45, 7) is 0.354. The molecule has 3 rings (SSSR count). The Bertz CT molecular complexity index is 768. The van der Waals surface area contributed by atoms with Crippen LogP contribution in [0, 0.1) is 5.92 Å². The van der Waals surface area contributed by atoms with Crippen LogP contribution in [0.2, 0.25) is 0 Å². The van der Waals surface area contributed by atoms with Gasteiger partial charge in [0.15, 0.2) is 0 Å². The Morgan fingerprint density at radius 3 is 3.05 bits per heavy atom. The topological polar surface area (TPSA) is 109 Å². The van der Waals surface area contributed by atoms with Gasteiger partial charge < -0.3 is 9.88 Å². The second-order valence-electron chi connectivity index (χ2n) is 5.01. The summed E-state index contributed by atoms with van der Waals surface area (Å²) < 4.78 is 22.2. The van der Waals surface area contributed by atoms with Gasteiger partial charge in [0.2, 0.25) is 15.9 Å². The van der Waals surface area contributed by atoms with Crippen molar-refractivity contribution in [3.63, 3.8) is 0 Å². The number of hydrogen-bond donors (Lipinski definition) is 2. The number of fused-ring (bicyclic) bond motifs is 1. The Morgan fingerprint density at radius 1 is 1.50 bits per heavy atom. The van der Waals surface area contributed by atoms with E-state index in [1.807, 2.05) is 12.1 Å². The second kappa shape index (κ2) is 4.57. The number of nitrogens with two attached hydrogens (primary N) is 1. The van der Waals surface area contributed by atoms with Gasteiger partial charge in [-0.05, 0) is 12.1 Å². The fraction of sp³-hybridized carbons (Fsp3) is 0.333. The number of nitrogens with one attached hydrogen (secondary N) is 1. The minimum Gasteiger partial charge on any atom is -0.346 e. The van der Waals surface area contributed by atoms with Crippen molar-refractivity contribution >= 4 is 32.7 Å². The van der Waals surface area contributed by atoms with E-state index in [2.05, 4.69) is 9.97 Å². The number of pyridine rings is 1. The smallest absolute Gasteiger partial charge is 0.227 e. The van der Waals surface area contributed by atoms with E-state index in [1.165, 1.54) is 0 Å². The van der Waals surface area contributed by atoms with Gasteiger partial charge in [0.1, 0.15) is 5.65 Å². The van der Waals surface area contributed by atoms with Crippen molar-refractivity contribution in [2.24, 2.45) is 11.1 Å². The summed E-state index contributed by atoms with van der Waals surface area (Å²) >= 11 is 0. The number of carbonyl (C=O) groups excluding carboxylic acids is 1. The quantitative estimate of drug-likeness (QED) is 0.843. The summed E-state index contributed by atoms with van der Waals surface area (Å²) in [5.74, 6) is -0.538. The Hall–Kier alpha value is -1.93. The normalized spacial score (nSPS) is 19.9. The lowest BCUT2D eigenvalue weighted by Gasteiger charge is -2.16. The van der Waals surface area contributed by atoms with Crippen LogP contribution in [0.5, 0.6) is 0 Å². The summed E-state index contributed by atoms with van der Waals surface area (Å²) in [7, 11) is -3.56. The fourth-order valence-electron chi connectivity index (χ4n) is 2.55. The molecule has 1 amide bonds. The van der Waals surface area contributed by atoms with E-state index in [-0.39, 0.29) is 24.0 Å². The molecule has 0 bridgehead atoms. The van der Waals surface area contributed by atoms with Crippen molar-refractivity contribution in [1.29, 1.82) is 0 Å². The summed E-state index contributed by atoms with van der Waals surface area (Å²) in [5, 5.41) is 5.94. The molecular formula is C12H14N4O3S. The molecule has 0 spiro atoms. The number of anilines is 1. The molecule has 1 atom stereocenters. The number of aromatic nitrogens is 2. The molecule has 1 unspecified atom stereocenters. The molecular weight excluding hydrogens is 280 g/mol. The minimum absolute atomic E-state index is 0.102. The van der Waals surface area contributed by atoms with Gasteiger partial charge >= 0.3 is 0 Å². The third kappa shape index (κ3) is 2.52. The largest absolute Gasteiger partial charge is 0.346 e. The molecule has 1 fully saturated rings. The van der Waals surface area contributed by atoms with Crippen LogP contribution in [0.25, 0.3) is 11.0 Å². The van der Waals surface area contributed by atoms with Gasteiger partial charge in [-0.15, -0.1) is 0 Å². The fourth-order valence-corrected chi connectivity index (χ4v) is 3.43. The monoisotopic (exact) mass is 294 g/mol. The molecule has 8 heteroatoms. The zero-order chi connectivity index (χ0) is 14.3. The number of hydrogen-bond acceptors (Lipinski definition) is 4. The average Bonchev–Trinajstić information content (AvgIpc) is 2.92. The summed E-state index contributed by atoms with van der Waals surface area (Å²) in [6.07, 6.45) is 3.58. The lowest BCUT2D eigenvalue weighted by molar-refractivity contribution is -0.117. The number of rotatable bonds is 3. The third-order valence-corrected chi connectivity index (χ3v) is 4.31. The van der Waals surface area contributed by atoms with Crippen LogP contribution in [0.3, 0.4) is 0 Å². The van der Waals surface area contributed by atoms with E-state index in [0.29, 0.717) is 12.2 Å². The molecule has 1 aliphatic rings. The molecule has 1 aliphatic heterocycles. The number of H-pyrrole nitrogens is 1. The van der Waals surface area contributed by atoms with Crippen LogP contribution in [0.15, 0.2) is 24.5 Å². The maximum absolute atomic E-state index is 12.0. The van der Waals surface area contributed by atoms with Crippen LogP contribution in [0.1, 0.15) is 6.42 Å². The number of primary sulfonamides is 1. The van der Waals surface area contributed by atoms with Gasteiger partial charge in [-0.1, -0.05) is 0 Å². The first-order valence-electron chi connectivity index (χ1n) is 6.16. The Balaban J connectivity index is 1.85. The molecule has 20 heavy (non-hydrogen) atoms. The summed E-state index contributed by atoms with van der Waals surface area (Å²) in [6, 6.07) is 3.73. The summed E-state index contributed by atoms with van der Waals surface area (Å²) in [5.41, 5.74) is 1.43. The third-order valence-electron chi connectivity index (χ3n) is 3.37. The number of nitrogens with zero attached hydrogens (tertiary/aromatic N) is 2. The Kier molecular flexibility index (Phi) is 2.98. The molecule has 3 heterocycles. The van der Waals surface area contributed by atoms with Gasteiger partial charge in [0.05, 0.1) is 17.6 Å². The second-order valence-corrected chi connectivity index (χ2v) is 6.67. The highest BCUT2D eigenvalue weighted by Crippen LogP contribution is 2.27. The number of sulfonamides is 1. The SMILES string of the molecule is NS(=O)(=O)CC1CC(=O)N(c2cnc3[nH]ccc3c2)C1. The van der Waals surface area contributed by atoms with Gasteiger partial charge in [-0.3, -0.25) is 4.79 Å². The van der Waals surface area contributed by atoms with Crippen LogP contribution < -0.4 is 10.0 Å². The molecule has 7 nitrogen and oxygen atoms in total.